The average molecular weight is 482 g/mol. The van der Waals surface area contributed by atoms with Crippen molar-refractivity contribution in [3.05, 3.63) is 58.5 Å². The smallest absolute Gasteiger partial charge is 0.250 e. The van der Waals surface area contributed by atoms with E-state index in [2.05, 4.69) is 34.3 Å². The van der Waals surface area contributed by atoms with E-state index in [1.807, 2.05) is 7.05 Å². The number of phenolic OH excluding ortho intramolecular Hbond substituents is 1. The molecule has 2 N–H and O–H groups in total. The Labute approximate surface area is 202 Å². The normalized spacial score (nSPS) is 25.6. The van der Waals surface area contributed by atoms with Gasteiger partial charge in [-0.3, -0.25) is 4.79 Å². The summed E-state index contributed by atoms with van der Waals surface area (Å²) in [6.07, 6.45) is 5.68. The minimum absolute atomic E-state index is 0.0240. The summed E-state index contributed by atoms with van der Waals surface area (Å²) in [6.45, 7) is 4.51. The minimum Gasteiger partial charge on any atom is -0.507 e. The zero-order valence-corrected chi connectivity index (χ0v) is 20.3. The van der Waals surface area contributed by atoms with Crippen LogP contribution < -0.4 is 15.8 Å². The van der Waals surface area contributed by atoms with E-state index in [9.17, 15) is 14.3 Å². The summed E-state index contributed by atoms with van der Waals surface area (Å²) in [4.78, 5) is 14.0. The number of hydrogen-bond acceptors (Lipinski definition) is 6. The zero-order chi connectivity index (χ0) is 25.1. The molecule has 0 saturated carbocycles. The van der Waals surface area contributed by atoms with Gasteiger partial charge in [0.1, 0.15) is 5.75 Å². The third-order valence-corrected chi connectivity index (χ3v) is 7.62. The second-order valence-corrected chi connectivity index (χ2v) is 10.5. The van der Waals surface area contributed by atoms with E-state index >= 15 is 4.39 Å². The van der Waals surface area contributed by atoms with Gasteiger partial charge in [-0.1, -0.05) is 0 Å². The molecule has 0 amide bonds. The Morgan fingerprint density at radius 1 is 1.09 bits per heavy atom. The summed E-state index contributed by atoms with van der Waals surface area (Å²) in [5, 5.41) is 22.7. The number of halogens is 2. The van der Waals surface area contributed by atoms with Crippen molar-refractivity contribution in [3.63, 3.8) is 0 Å². The largest absolute Gasteiger partial charge is 0.507 e. The Bertz CT molecular complexity index is 1340. The highest BCUT2D eigenvalue weighted by molar-refractivity contribution is 5.75. The number of rotatable bonds is 4. The van der Waals surface area contributed by atoms with Gasteiger partial charge in [-0.05, 0) is 69.4 Å². The van der Waals surface area contributed by atoms with Crippen molar-refractivity contribution >= 4 is 5.82 Å². The average Bonchev–Trinajstić information content (AvgIpc) is 3.04. The fraction of sp³-hybridized carbons (Fsp3) is 0.423. The van der Waals surface area contributed by atoms with Crippen LogP contribution in [0.5, 0.6) is 5.75 Å². The number of aryl methyl sites for hydroxylation is 1. The van der Waals surface area contributed by atoms with Crippen LogP contribution in [0.1, 0.15) is 39.5 Å². The number of anilines is 1. The molecular formula is C26H29F2N5O2. The Morgan fingerprint density at radius 2 is 1.77 bits per heavy atom. The first kappa shape index (κ1) is 23.4. The lowest BCUT2D eigenvalue weighted by molar-refractivity contribution is 0.207. The number of fused-ring (bicyclic) bond motifs is 2. The molecule has 0 aliphatic carbocycles. The summed E-state index contributed by atoms with van der Waals surface area (Å²) in [5.41, 5.74) is -0.553. The number of hydrogen-bond donors (Lipinski definition) is 2. The highest BCUT2D eigenvalue weighted by Gasteiger charge is 2.49. The predicted octanol–water partition coefficient (Wildman–Crippen LogP) is 3.99. The van der Waals surface area contributed by atoms with Gasteiger partial charge in [0.2, 0.25) is 0 Å². The molecule has 2 aliphatic rings. The number of nitrogens with one attached hydrogen (secondary N) is 1. The highest BCUT2D eigenvalue weighted by atomic mass is 19.2. The first-order valence-corrected chi connectivity index (χ1v) is 11.7. The summed E-state index contributed by atoms with van der Waals surface area (Å²) in [7, 11) is 3.53. The maximum absolute atomic E-state index is 15.1. The molecule has 0 unspecified atom stereocenters. The van der Waals surface area contributed by atoms with Crippen molar-refractivity contribution in [3.8, 4) is 28.1 Å². The van der Waals surface area contributed by atoms with Crippen LogP contribution in [0.2, 0.25) is 0 Å². The summed E-state index contributed by atoms with van der Waals surface area (Å²) >= 11 is 0. The number of phenols is 1. The van der Waals surface area contributed by atoms with E-state index < -0.39 is 17.4 Å². The molecule has 0 radical (unpaired) electrons. The first-order chi connectivity index (χ1) is 16.5. The van der Waals surface area contributed by atoms with Crippen LogP contribution in [0.4, 0.5) is 14.6 Å². The second kappa shape index (κ2) is 8.12. The van der Waals surface area contributed by atoms with Crippen molar-refractivity contribution in [2.24, 2.45) is 7.05 Å². The fourth-order valence-corrected chi connectivity index (χ4v) is 5.71. The summed E-state index contributed by atoms with van der Waals surface area (Å²) in [6, 6.07) is 7.30. The molecule has 2 aliphatic heterocycles. The number of aromatic nitrogens is 3. The van der Waals surface area contributed by atoms with Crippen LogP contribution in [-0.4, -0.2) is 44.0 Å². The van der Waals surface area contributed by atoms with E-state index in [1.165, 1.54) is 29.0 Å². The quantitative estimate of drug-likeness (QED) is 0.586. The van der Waals surface area contributed by atoms with E-state index in [0.717, 1.165) is 31.7 Å². The molecule has 5 rings (SSSR count). The van der Waals surface area contributed by atoms with Crippen LogP contribution in [-0.2, 0) is 7.05 Å². The standard InChI is InChI=1S/C26H29F2N5O2/c1-25-8-9-26(2,31-25)14-16(13-25)33(4)20-6-5-18(29-30-20)22-19(34)12-17(23(27)24(22)28)15-7-10-32(3)21(35)11-15/h5-7,10-12,16,31,34H,8-9,13-14H2,1-4H3/t16-,25+,26-. The lowest BCUT2D eigenvalue weighted by atomic mass is 9.84. The van der Waals surface area contributed by atoms with E-state index in [-0.39, 0.29) is 45.1 Å². The van der Waals surface area contributed by atoms with E-state index in [0.29, 0.717) is 5.82 Å². The molecule has 3 atom stereocenters. The Morgan fingerprint density at radius 3 is 2.37 bits per heavy atom. The summed E-state index contributed by atoms with van der Waals surface area (Å²) in [5.74, 6) is -2.26. The minimum atomic E-state index is -1.24. The summed E-state index contributed by atoms with van der Waals surface area (Å²) < 4.78 is 31.4. The third kappa shape index (κ3) is 4.07. The van der Waals surface area contributed by atoms with Gasteiger partial charge >= 0.3 is 0 Å². The monoisotopic (exact) mass is 481 g/mol. The topological polar surface area (TPSA) is 83.3 Å². The van der Waals surface area contributed by atoms with Gasteiger partial charge in [0.05, 0.1) is 11.3 Å². The van der Waals surface area contributed by atoms with Crippen molar-refractivity contribution < 1.29 is 13.9 Å². The molecule has 9 heteroatoms. The zero-order valence-electron chi connectivity index (χ0n) is 20.3. The van der Waals surface area contributed by atoms with Gasteiger partial charge in [-0.15, -0.1) is 10.2 Å². The molecule has 4 heterocycles. The third-order valence-electron chi connectivity index (χ3n) is 7.62. The van der Waals surface area contributed by atoms with Crippen LogP contribution in [0, 0.1) is 11.6 Å². The van der Waals surface area contributed by atoms with Crippen molar-refractivity contribution in [1.29, 1.82) is 0 Å². The molecule has 7 nitrogen and oxygen atoms in total. The maximum Gasteiger partial charge on any atom is 0.250 e. The molecule has 2 aromatic heterocycles. The first-order valence-electron chi connectivity index (χ1n) is 11.7. The molecule has 0 spiro atoms. The van der Waals surface area contributed by atoms with Gasteiger partial charge in [0, 0.05) is 49.0 Å². The van der Waals surface area contributed by atoms with Crippen LogP contribution >= 0.6 is 0 Å². The number of benzene rings is 1. The molecule has 184 valence electrons. The molecule has 2 saturated heterocycles. The Balaban J connectivity index is 1.44. The van der Waals surface area contributed by atoms with Crippen LogP contribution in [0.15, 0.2) is 41.3 Å². The number of aromatic hydroxyl groups is 1. The number of nitrogens with zero attached hydrogens (tertiary/aromatic N) is 4. The highest BCUT2D eigenvalue weighted by Crippen LogP contribution is 2.44. The molecule has 35 heavy (non-hydrogen) atoms. The van der Waals surface area contributed by atoms with E-state index in [4.69, 9.17) is 0 Å². The second-order valence-electron chi connectivity index (χ2n) is 10.5. The van der Waals surface area contributed by atoms with Gasteiger partial charge in [0.15, 0.2) is 17.5 Å². The van der Waals surface area contributed by atoms with Gasteiger partial charge in [0.25, 0.3) is 5.56 Å². The number of pyridine rings is 1. The van der Waals surface area contributed by atoms with Crippen molar-refractivity contribution in [2.75, 3.05) is 11.9 Å². The lowest BCUT2D eigenvalue weighted by Crippen LogP contribution is -2.58. The van der Waals surface area contributed by atoms with E-state index in [1.54, 1.807) is 13.1 Å². The number of piperidine rings is 1. The molecule has 2 bridgehead atoms. The molecule has 1 aromatic carbocycles. The fourth-order valence-electron chi connectivity index (χ4n) is 5.71. The van der Waals surface area contributed by atoms with Gasteiger partial charge in [-0.2, -0.15) is 0 Å². The molecule has 2 fully saturated rings. The Hall–Kier alpha value is -3.33. The maximum atomic E-state index is 15.1. The molecule has 3 aromatic rings. The molecular weight excluding hydrogens is 452 g/mol. The predicted molar refractivity (Wildman–Crippen MR) is 130 cm³/mol. The van der Waals surface area contributed by atoms with Gasteiger partial charge in [-0.25, -0.2) is 8.78 Å². The van der Waals surface area contributed by atoms with Crippen LogP contribution in [0.25, 0.3) is 22.4 Å². The van der Waals surface area contributed by atoms with Crippen molar-refractivity contribution in [1.82, 2.24) is 20.1 Å². The lowest BCUT2D eigenvalue weighted by Gasteiger charge is -2.45. The van der Waals surface area contributed by atoms with Crippen molar-refractivity contribution in [2.45, 2.75) is 56.7 Å². The SMILES string of the molecule is CN(c1ccc(-c2c(O)cc(-c3ccn(C)c(=O)c3)c(F)c2F)nn1)[C@@H]1C[C@]2(C)CC[C@](C)(C1)N2. The Kier molecular flexibility index (Phi) is 5.43. The van der Waals surface area contributed by atoms with Crippen LogP contribution in [0.3, 0.4) is 0 Å². The van der Waals surface area contributed by atoms with Gasteiger partial charge < -0.3 is 19.9 Å².